The summed E-state index contributed by atoms with van der Waals surface area (Å²) in [5.41, 5.74) is 6.45. The van der Waals surface area contributed by atoms with Crippen LogP contribution in [0.1, 0.15) is 52.9 Å². The fraction of sp³-hybridized carbons (Fsp3) is 1.00. The Labute approximate surface area is 114 Å². The predicted octanol–water partition coefficient (Wildman–Crippen LogP) is 2.31. The highest BCUT2D eigenvalue weighted by atomic mass is 15.3. The maximum absolute atomic E-state index is 6.20. The third-order valence-corrected chi connectivity index (χ3v) is 4.47. The van der Waals surface area contributed by atoms with Crippen molar-refractivity contribution in [2.75, 3.05) is 33.2 Å². The Kier molecular flexibility index (Phi) is 6.61. The molecular formula is C15H33N3. The smallest absolute Gasteiger partial charge is 0.0334 e. The molecule has 0 amide bonds. The van der Waals surface area contributed by atoms with Crippen molar-refractivity contribution in [3.05, 3.63) is 0 Å². The number of hydrogen-bond acceptors (Lipinski definition) is 3. The lowest BCUT2D eigenvalue weighted by Gasteiger charge is -2.46. The van der Waals surface area contributed by atoms with Crippen LogP contribution < -0.4 is 5.73 Å². The van der Waals surface area contributed by atoms with Gasteiger partial charge in [0.2, 0.25) is 0 Å². The Morgan fingerprint density at radius 1 is 1.17 bits per heavy atom. The third kappa shape index (κ3) is 3.69. The second-order valence-electron chi connectivity index (χ2n) is 6.09. The van der Waals surface area contributed by atoms with E-state index in [-0.39, 0.29) is 5.54 Å². The third-order valence-electron chi connectivity index (χ3n) is 4.47. The first-order valence-corrected chi connectivity index (χ1v) is 7.75. The fourth-order valence-corrected chi connectivity index (χ4v) is 3.74. The van der Waals surface area contributed by atoms with Crippen LogP contribution in [0.2, 0.25) is 0 Å². The van der Waals surface area contributed by atoms with Gasteiger partial charge < -0.3 is 10.6 Å². The average Bonchev–Trinajstić information content (AvgIpc) is 2.50. The minimum Gasteiger partial charge on any atom is -0.329 e. The van der Waals surface area contributed by atoms with Crippen molar-refractivity contribution < 1.29 is 0 Å². The summed E-state index contributed by atoms with van der Waals surface area (Å²) in [6.07, 6.45) is 6.22. The number of rotatable bonds is 6. The summed E-state index contributed by atoms with van der Waals surface area (Å²) in [5, 5.41) is 0. The SMILES string of the molecule is CCCC(CN)(CCC)N1CCCN(C)CC1C. The van der Waals surface area contributed by atoms with Crippen LogP contribution >= 0.6 is 0 Å². The monoisotopic (exact) mass is 255 g/mol. The number of nitrogens with two attached hydrogens (primary N) is 1. The van der Waals surface area contributed by atoms with Crippen molar-refractivity contribution in [3.8, 4) is 0 Å². The van der Waals surface area contributed by atoms with E-state index in [4.69, 9.17) is 5.73 Å². The Morgan fingerprint density at radius 3 is 2.28 bits per heavy atom. The number of hydrogen-bond donors (Lipinski definition) is 1. The van der Waals surface area contributed by atoms with Crippen LogP contribution in [0, 0.1) is 0 Å². The molecule has 2 N–H and O–H groups in total. The largest absolute Gasteiger partial charge is 0.329 e. The van der Waals surface area contributed by atoms with Gasteiger partial charge in [-0.25, -0.2) is 0 Å². The molecule has 1 fully saturated rings. The molecule has 0 aliphatic carbocycles. The van der Waals surface area contributed by atoms with Crippen LogP contribution in [-0.2, 0) is 0 Å². The van der Waals surface area contributed by atoms with E-state index in [1.54, 1.807) is 0 Å². The van der Waals surface area contributed by atoms with Gasteiger partial charge in [-0.1, -0.05) is 26.7 Å². The molecule has 1 aliphatic heterocycles. The molecule has 0 aromatic heterocycles. The minimum atomic E-state index is 0.244. The Bertz CT molecular complexity index is 224. The van der Waals surface area contributed by atoms with E-state index in [2.05, 4.69) is 37.6 Å². The van der Waals surface area contributed by atoms with Crippen LogP contribution in [0.4, 0.5) is 0 Å². The van der Waals surface area contributed by atoms with Gasteiger partial charge in [-0.3, -0.25) is 4.90 Å². The molecule has 0 saturated carbocycles. The second kappa shape index (κ2) is 7.46. The van der Waals surface area contributed by atoms with Crippen molar-refractivity contribution in [2.24, 2.45) is 5.73 Å². The second-order valence-corrected chi connectivity index (χ2v) is 6.09. The van der Waals surface area contributed by atoms with Crippen molar-refractivity contribution in [1.29, 1.82) is 0 Å². The summed E-state index contributed by atoms with van der Waals surface area (Å²) in [4.78, 5) is 5.19. The maximum Gasteiger partial charge on any atom is 0.0334 e. The molecule has 0 radical (unpaired) electrons. The predicted molar refractivity (Wildman–Crippen MR) is 79.9 cm³/mol. The standard InChI is InChI=1S/C15H33N3/c1-5-8-15(13-16,9-6-2)18-11-7-10-17(4)12-14(18)3/h14H,5-13,16H2,1-4H3. The van der Waals surface area contributed by atoms with E-state index in [1.807, 2.05) is 0 Å². The fourth-order valence-electron chi connectivity index (χ4n) is 3.74. The molecule has 3 nitrogen and oxygen atoms in total. The first kappa shape index (κ1) is 15.9. The van der Waals surface area contributed by atoms with E-state index >= 15 is 0 Å². The summed E-state index contributed by atoms with van der Waals surface area (Å²) in [6, 6.07) is 0.624. The lowest BCUT2D eigenvalue weighted by molar-refractivity contribution is 0.0407. The highest BCUT2D eigenvalue weighted by Gasteiger charge is 2.37. The van der Waals surface area contributed by atoms with Gasteiger partial charge in [0.05, 0.1) is 0 Å². The summed E-state index contributed by atoms with van der Waals surface area (Å²) in [5.74, 6) is 0. The molecule has 108 valence electrons. The van der Waals surface area contributed by atoms with Gasteiger partial charge in [-0.2, -0.15) is 0 Å². The van der Waals surface area contributed by atoms with Crippen LogP contribution in [0.5, 0.6) is 0 Å². The van der Waals surface area contributed by atoms with E-state index < -0.39 is 0 Å². The first-order chi connectivity index (χ1) is 8.59. The number of nitrogens with zero attached hydrogens (tertiary/aromatic N) is 2. The van der Waals surface area contributed by atoms with Crippen molar-refractivity contribution >= 4 is 0 Å². The Hall–Kier alpha value is -0.120. The highest BCUT2D eigenvalue weighted by molar-refractivity contribution is 4.95. The van der Waals surface area contributed by atoms with Gasteiger partial charge in [0.15, 0.2) is 0 Å². The summed E-state index contributed by atoms with van der Waals surface area (Å²) < 4.78 is 0. The molecule has 1 unspecified atom stereocenters. The molecule has 1 atom stereocenters. The molecule has 3 heteroatoms. The van der Waals surface area contributed by atoms with Crippen molar-refractivity contribution in [1.82, 2.24) is 9.80 Å². The molecule has 1 saturated heterocycles. The van der Waals surface area contributed by atoms with Crippen molar-refractivity contribution in [3.63, 3.8) is 0 Å². The van der Waals surface area contributed by atoms with Gasteiger partial charge in [-0.05, 0) is 39.8 Å². The van der Waals surface area contributed by atoms with Gasteiger partial charge in [0.25, 0.3) is 0 Å². The molecule has 0 aromatic rings. The topological polar surface area (TPSA) is 32.5 Å². The van der Waals surface area contributed by atoms with Gasteiger partial charge in [-0.15, -0.1) is 0 Å². The zero-order chi connectivity index (χ0) is 13.6. The lowest BCUT2D eigenvalue weighted by atomic mass is 9.85. The maximum atomic E-state index is 6.20. The average molecular weight is 255 g/mol. The number of likely N-dealkylation sites (N-methyl/N-ethyl adjacent to an activating group) is 1. The molecule has 0 spiro atoms. The molecule has 18 heavy (non-hydrogen) atoms. The summed E-state index contributed by atoms with van der Waals surface area (Å²) in [7, 11) is 2.24. The Morgan fingerprint density at radius 2 is 1.78 bits per heavy atom. The normalized spacial score (nSPS) is 24.2. The van der Waals surface area contributed by atoms with Gasteiger partial charge in [0, 0.05) is 31.2 Å². The molecule has 1 rings (SSSR count). The zero-order valence-electron chi connectivity index (χ0n) is 12.9. The van der Waals surface area contributed by atoms with Crippen LogP contribution in [0.3, 0.4) is 0 Å². The van der Waals surface area contributed by atoms with E-state index in [0.717, 1.165) is 6.54 Å². The first-order valence-electron chi connectivity index (χ1n) is 7.75. The summed E-state index contributed by atoms with van der Waals surface area (Å²) >= 11 is 0. The molecule has 1 aliphatic rings. The van der Waals surface area contributed by atoms with E-state index in [9.17, 15) is 0 Å². The van der Waals surface area contributed by atoms with Crippen LogP contribution in [0.25, 0.3) is 0 Å². The minimum absolute atomic E-state index is 0.244. The zero-order valence-corrected chi connectivity index (χ0v) is 12.9. The molecule has 0 aromatic carbocycles. The van der Waals surface area contributed by atoms with Crippen LogP contribution in [-0.4, -0.2) is 54.6 Å². The van der Waals surface area contributed by atoms with Gasteiger partial charge in [0.1, 0.15) is 0 Å². The van der Waals surface area contributed by atoms with Gasteiger partial charge >= 0.3 is 0 Å². The molecule has 1 heterocycles. The van der Waals surface area contributed by atoms with Crippen LogP contribution in [0.15, 0.2) is 0 Å². The summed E-state index contributed by atoms with van der Waals surface area (Å²) in [6.45, 7) is 11.4. The van der Waals surface area contributed by atoms with E-state index in [0.29, 0.717) is 6.04 Å². The quantitative estimate of drug-likeness (QED) is 0.790. The Balaban J connectivity index is 2.87. The molecule has 0 bridgehead atoms. The van der Waals surface area contributed by atoms with E-state index in [1.165, 1.54) is 51.7 Å². The van der Waals surface area contributed by atoms with Crippen molar-refractivity contribution in [2.45, 2.75) is 64.5 Å². The lowest BCUT2D eigenvalue weighted by Crippen LogP contribution is -2.58. The highest BCUT2D eigenvalue weighted by Crippen LogP contribution is 2.30. The molecular weight excluding hydrogens is 222 g/mol.